The molecule has 0 spiro atoms. The minimum atomic E-state index is -4.38. The van der Waals surface area contributed by atoms with Crippen LogP contribution >= 0.6 is 11.8 Å². The van der Waals surface area contributed by atoms with Gasteiger partial charge in [-0.2, -0.15) is 13.2 Å². The summed E-state index contributed by atoms with van der Waals surface area (Å²) in [5, 5.41) is 6.72. The molecule has 6 heteroatoms. The zero-order chi connectivity index (χ0) is 9.35. The number of hydrogen-bond donors (Lipinski definition) is 1. The molecule has 0 radical (unpaired) electrons. The van der Waals surface area contributed by atoms with Gasteiger partial charge in [0.05, 0.1) is 5.92 Å². The molecule has 0 saturated carbocycles. The van der Waals surface area contributed by atoms with E-state index < -0.39 is 23.3 Å². The molecule has 1 rings (SSSR count). The van der Waals surface area contributed by atoms with Crippen molar-refractivity contribution in [2.45, 2.75) is 17.8 Å². The first-order chi connectivity index (χ1) is 5.43. The second-order valence-corrected chi connectivity index (χ2v) is 3.82. The monoisotopic (exact) mass is 200 g/mol. The summed E-state index contributed by atoms with van der Waals surface area (Å²) >= 11 is 0.680. The molecule has 2 atom stereocenters. The Bertz CT molecular complexity index is 192. The third-order valence-electron chi connectivity index (χ3n) is 1.73. The fourth-order valence-electron chi connectivity index (χ4n) is 1.17. The fourth-order valence-corrected chi connectivity index (χ4v) is 2.48. The van der Waals surface area contributed by atoms with Crippen molar-refractivity contribution in [1.82, 2.24) is 0 Å². The summed E-state index contributed by atoms with van der Waals surface area (Å²) in [6.07, 6.45) is -4.27. The van der Waals surface area contributed by atoms with Gasteiger partial charge in [0, 0.05) is 0 Å². The molecule has 1 N–H and O–H groups in total. The van der Waals surface area contributed by atoms with E-state index in [1.807, 2.05) is 0 Å². The van der Waals surface area contributed by atoms with Crippen LogP contribution in [0.4, 0.5) is 13.2 Å². The molecule has 0 aromatic rings. The van der Waals surface area contributed by atoms with Crippen molar-refractivity contribution >= 4 is 17.7 Å². The first-order valence-corrected chi connectivity index (χ1v) is 4.39. The molecule has 0 bridgehead atoms. The summed E-state index contributed by atoms with van der Waals surface area (Å²) in [6.45, 7) is 0. The van der Waals surface area contributed by atoms with E-state index in [1.165, 1.54) is 0 Å². The van der Waals surface area contributed by atoms with Crippen LogP contribution in [-0.4, -0.2) is 28.3 Å². The average Bonchev–Trinajstić information content (AvgIpc) is 2.30. The van der Waals surface area contributed by atoms with Crippen molar-refractivity contribution in [2.24, 2.45) is 5.92 Å². The number of hydrogen-bond acceptors (Lipinski definition) is 2. The Morgan fingerprint density at radius 1 is 1.50 bits per heavy atom. The lowest BCUT2D eigenvalue weighted by atomic mass is 10.0. The van der Waals surface area contributed by atoms with Gasteiger partial charge in [0.15, 0.2) is 0 Å². The summed E-state index contributed by atoms with van der Waals surface area (Å²) in [4.78, 5) is 10.3. The highest BCUT2D eigenvalue weighted by Crippen LogP contribution is 2.42. The molecule has 1 heterocycles. The highest BCUT2D eigenvalue weighted by Gasteiger charge is 2.50. The lowest BCUT2D eigenvalue weighted by molar-refractivity contribution is -0.158. The highest BCUT2D eigenvalue weighted by molar-refractivity contribution is 8.00. The van der Waals surface area contributed by atoms with Gasteiger partial charge >= 0.3 is 12.1 Å². The summed E-state index contributed by atoms with van der Waals surface area (Å²) in [5.41, 5.74) is 0. The summed E-state index contributed by atoms with van der Waals surface area (Å²) in [5.74, 6) is -2.32. The van der Waals surface area contributed by atoms with Crippen LogP contribution in [0.1, 0.15) is 6.42 Å². The summed E-state index contributed by atoms with van der Waals surface area (Å²) < 4.78 is 36.3. The fraction of sp³-hybridized carbons (Fsp3) is 0.833. The van der Waals surface area contributed by atoms with Crippen molar-refractivity contribution in [3.63, 3.8) is 0 Å². The smallest absolute Gasteiger partial charge is 0.401 e. The summed E-state index contributed by atoms with van der Waals surface area (Å²) in [6, 6.07) is 0. The molecule has 2 unspecified atom stereocenters. The minimum absolute atomic E-state index is 0.115. The first kappa shape index (κ1) is 9.70. The van der Waals surface area contributed by atoms with Gasteiger partial charge in [-0.25, -0.2) is 0 Å². The normalized spacial score (nSPS) is 30.6. The van der Waals surface area contributed by atoms with Gasteiger partial charge in [-0.15, -0.1) is 11.8 Å². The predicted molar refractivity (Wildman–Crippen MR) is 38.0 cm³/mol. The van der Waals surface area contributed by atoms with Gasteiger partial charge < -0.3 is 5.11 Å². The van der Waals surface area contributed by atoms with Crippen molar-refractivity contribution in [3.05, 3.63) is 0 Å². The Labute approximate surface area is 71.1 Å². The van der Waals surface area contributed by atoms with Crippen molar-refractivity contribution < 1.29 is 23.1 Å². The molecule has 0 aliphatic carbocycles. The second kappa shape index (κ2) is 3.16. The standard InChI is InChI=1S/C6H7F3O2S/c7-6(8,9)4-3(5(10)11)1-2-12-4/h3-4H,1-2H2,(H,10,11). The topological polar surface area (TPSA) is 37.3 Å². The largest absolute Gasteiger partial charge is 0.481 e. The maximum atomic E-state index is 12.1. The van der Waals surface area contributed by atoms with E-state index in [1.54, 1.807) is 0 Å². The van der Waals surface area contributed by atoms with Crippen LogP contribution < -0.4 is 0 Å². The third-order valence-corrected chi connectivity index (χ3v) is 3.16. The van der Waals surface area contributed by atoms with Crippen LogP contribution in [0.15, 0.2) is 0 Å². The second-order valence-electron chi connectivity index (χ2n) is 2.57. The van der Waals surface area contributed by atoms with E-state index >= 15 is 0 Å². The SMILES string of the molecule is O=C(O)C1CCSC1C(F)(F)F. The van der Waals surface area contributed by atoms with E-state index in [9.17, 15) is 18.0 Å². The lowest BCUT2D eigenvalue weighted by Crippen LogP contribution is -2.34. The number of carboxylic acid groups (broad SMARTS) is 1. The van der Waals surface area contributed by atoms with Crippen molar-refractivity contribution in [3.8, 4) is 0 Å². The Balaban J connectivity index is 2.71. The van der Waals surface area contributed by atoms with Crippen LogP contribution in [0.25, 0.3) is 0 Å². The van der Waals surface area contributed by atoms with Crippen LogP contribution in [0.3, 0.4) is 0 Å². The predicted octanol–water partition coefficient (Wildman–Crippen LogP) is 1.76. The molecule has 12 heavy (non-hydrogen) atoms. The van der Waals surface area contributed by atoms with E-state index in [4.69, 9.17) is 5.11 Å². The van der Waals surface area contributed by atoms with Gasteiger partial charge in [-0.05, 0) is 12.2 Å². The van der Waals surface area contributed by atoms with Crippen LogP contribution in [0.5, 0.6) is 0 Å². The maximum absolute atomic E-state index is 12.1. The third kappa shape index (κ3) is 1.85. The van der Waals surface area contributed by atoms with Crippen LogP contribution in [0, 0.1) is 5.92 Å². The van der Waals surface area contributed by atoms with E-state index in [-0.39, 0.29) is 12.2 Å². The van der Waals surface area contributed by atoms with E-state index in [0.717, 1.165) is 0 Å². The highest BCUT2D eigenvalue weighted by atomic mass is 32.2. The Morgan fingerprint density at radius 2 is 2.08 bits per heavy atom. The molecular formula is C6H7F3O2S. The molecule has 1 fully saturated rings. The van der Waals surface area contributed by atoms with Crippen LogP contribution in [-0.2, 0) is 4.79 Å². The maximum Gasteiger partial charge on any atom is 0.401 e. The van der Waals surface area contributed by atoms with Gasteiger partial charge in [0.1, 0.15) is 5.25 Å². The number of thioether (sulfide) groups is 1. The van der Waals surface area contributed by atoms with Crippen molar-refractivity contribution in [1.29, 1.82) is 0 Å². The van der Waals surface area contributed by atoms with Crippen LogP contribution in [0.2, 0.25) is 0 Å². The molecule has 0 aromatic heterocycles. The Hall–Kier alpha value is -0.390. The molecule has 2 nitrogen and oxygen atoms in total. The van der Waals surface area contributed by atoms with Crippen molar-refractivity contribution in [2.75, 3.05) is 5.75 Å². The zero-order valence-electron chi connectivity index (χ0n) is 5.97. The molecule has 0 amide bonds. The van der Waals surface area contributed by atoms with E-state index in [0.29, 0.717) is 11.8 Å². The van der Waals surface area contributed by atoms with Gasteiger partial charge in [0.2, 0.25) is 0 Å². The molecule has 1 aliphatic rings. The number of alkyl halides is 3. The van der Waals surface area contributed by atoms with E-state index in [2.05, 4.69) is 0 Å². The summed E-state index contributed by atoms with van der Waals surface area (Å²) in [7, 11) is 0. The number of carboxylic acids is 1. The molecule has 1 saturated heterocycles. The lowest BCUT2D eigenvalue weighted by Gasteiger charge is -2.17. The van der Waals surface area contributed by atoms with Gasteiger partial charge in [0.25, 0.3) is 0 Å². The van der Waals surface area contributed by atoms with Gasteiger partial charge in [-0.1, -0.05) is 0 Å². The number of aliphatic carboxylic acids is 1. The average molecular weight is 200 g/mol. The molecule has 70 valence electrons. The number of rotatable bonds is 1. The quantitative estimate of drug-likeness (QED) is 0.700. The Kier molecular flexibility index (Phi) is 2.55. The molecular weight excluding hydrogens is 193 g/mol. The molecule has 0 aromatic carbocycles. The number of halogens is 3. The Morgan fingerprint density at radius 3 is 2.42 bits per heavy atom. The minimum Gasteiger partial charge on any atom is -0.481 e. The molecule has 1 aliphatic heterocycles. The zero-order valence-corrected chi connectivity index (χ0v) is 6.78. The van der Waals surface area contributed by atoms with Gasteiger partial charge in [-0.3, -0.25) is 4.79 Å². The first-order valence-electron chi connectivity index (χ1n) is 3.34. The number of carbonyl (C=O) groups is 1.